The summed E-state index contributed by atoms with van der Waals surface area (Å²) in [6.07, 6.45) is 4.67. The maximum atomic E-state index is 13.0. The minimum absolute atomic E-state index is 0.0460. The summed E-state index contributed by atoms with van der Waals surface area (Å²) in [6.45, 7) is 8.84. The standard InChI is InChI=1S/C27H37N5O3/c1-21(32-20-24(28-29-32)10-7-13-31-14-16-34-17-15-31)18-25-11-12-26(35-25)22(2)27(33)30(3)19-23-8-5-4-6-9-23/h4-6,8-9,20-22,25-26H,11-19H2,1-3H3/t21-,22-,25+,26-/m1/s1. The van der Waals surface area contributed by atoms with Crippen LogP contribution in [0.3, 0.4) is 0 Å². The van der Waals surface area contributed by atoms with E-state index in [9.17, 15) is 4.79 Å². The summed E-state index contributed by atoms with van der Waals surface area (Å²) in [7, 11) is 1.87. The van der Waals surface area contributed by atoms with Gasteiger partial charge in [-0.15, -0.1) is 5.10 Å². The molecule has 2 saturated heterocycles. The van der Waals surface area contributed by atoms with Crippen LogP contribution < -0.4 is 0 Å². The Morgan fingerprint density at radius 3 is 2.74 bits per heavy atom. The molecule has 2 aromatic rings. The monoisotopic (exact) mass is 479 g/mol. The van der Waals surface area contributed by atoms with Crippen molar-refractivity contribution in [2.75, 3.05) is 39.9 Å². The Hall–Kier alpha value is -2.73. The van der Waals surface area contributed by atoms with Crippen molar-refractivity contribution < 1.29 is 14.3 Å². The molecule has 35 heavy (non-hydrogen) atoms. The molecule has 1 aromatic heterocycles. The molecular formula is C27H37N5O3. The Kier molecular flexibility index (Phi) is 8.91. The third-order valence-electron chi connectivity index (χ3n) is 6.92. The first-order chi connectivity index (χ1) is 17.0. The van der Waals surface area contributed by atoms with E-state index in [0.717, 1.165) is 57.7 Å². The number of hydrogen-bond acceptors (Lipinski definition) is 6. The molecule has 8 nitrogen and oxygen atoms in total. The van der Waals surface area contributed by atoms with Crippen LogP contribution in [0.25, 0.3) is 0 Å². The maximum absolute atomic E-state index is 13.0. The van der Waals surface area contributed by atoms with Gasteiger partial charge in [0.1, 0.15) is 0 Å². The summed E-state index contributed by atoms with van der Waals surface area (Å²) >= 11 is 0. The van der Waals surface area contributed by atoms with Gasteiger partial charge in [-0.1, -0.05) is 48.4 Å². The maximum Gasteiger partial charge on any atom is 0.228 e. The van der Waals surface area contributed by atoms with Crippen molar-refractivity contribution in [3.05, 3.63) is 47.8 Å². The highest BCUT2D eigenvalue weighted by Gasteiger charge is 2.35. The highest BCUT2D eigenvalue weighted by atomic mass is 16.5. The van der Waals surface area contributed by atoms with Crippen molar-refractivity contribution in [3.63, 3.8) is 0 Å². The molecule has 2 aliphatic heterocycles. The minimum Gasteiger partial charge on any atom is -0.379 e. The first-order valence-corrected chi connectivity index (χ1v) is 12.6. The summed E-state index contributed by atoms with van der Waals surface area (Å²) in [4.78, 5) is 17.1. The van der Waals surface area contributed by atoms with Crippen molar-refractivity contribution in [2.45, 2.75) is 57.9 Å². The average Bonchev–Trinajstić information content (AvgIpc) is 3.54. The van der Waals surface area contributed by atoms with Crippen LogP contribution in [0.15, 0.2) is 36.5 Å². The molecule has 0 spiro atoms. The molecule has 0 saturated carbocycles. The second kappa shape index (κ2) is 12.3. The van der Waals surface area contributed by atoms with Crippen LogP contribution in [-0.2, 0) is 20.8 Å². The van der Waals surface area contributed by atoms with Crippen LogP contribution in [-0.4, -0.2) is 82.8 Å². The third kappa shape index (κ3) is 7.14. The molecule has 4 rings (SSSR count). The second-order valence-corrected chi connectivity index (χ2v) is 9.70. The molecule has 0 aliphatic carbocycles. The van der Waals surface area contributed by atoms with Crippen LogP contribution in [0.1, 0.15) is 50.4 Å². The molecule has 2 fully saturated rings. The number of morpholine rings is 1. The van der Waals surface area contributed by atoms with Crippen molar-refractivity contribution in [2.24, 2.45) is 5.92 Å². The lowest BCUT2D eigenvalue weighted by Gasteiger charge is -2.26. The van der Waals surface area contributed by atoms with E-state index in [1.165, 1.54) is 0 Å². The zero-order valence-electron chi connectivity index (χ0n) is 21.1. The predicted octanol–water partition coefficient (Wildman–Crippen LogP) is 2.76. The van der Waals surface area contributed by atoms with E-state index in [0.29, 0.717) is 12.2 Å². The largest absolute Gasteiger partial charge is 0.379 e. The number of carbonyl (C=O) groups excluding carboxylic acids is 1. The quantitative estimate of drug-likeness (QED) is 0.542. The highest BCUT2D eigenvalue weighted by molar-refractivity contribution is 5.78. The van der Waals surface area contributed by atoms with Crippen LogP contribution >= 0.6 is 0 Å². The molecular weight excluding hydrogens is 442 g/mol. The topological polar surface area (TPSA) is 72.7 Å². The van der Waals surface area contributed by atoms with Gasteiger partial charge in [0.05, 0.1) is 50.1 Å². The highest BCUT2D eigenvalue weighted by Crippen LogP contribution is 2.31. The predicted molar refractivity (Wildman–Crippen MR) is 133 cm³/mol. The van der Waals surface area contributed by atoms with Gasteiger partial charge in [0.25, 0.3) is 0 Å². The average molecular weight is 480 g/mol. The number of carbonyl (C=O) groups is 1. The first kappa shape index (κ1) is 25.4. The zero-order chi connectivity index (χ0) is 24.6. The van der Waals surface area contributed by atoms with Crippen LogP contribution in [0.5, 0.6) is 0 Å². The number of benzene rings is 1. The van der Waals surface area contributed by atoms with Crippen LogP contribution in [0.2, 0.25) is 0 Å². The van der Waals surface area contributed by atoms with E-state index >= 15 is 0 Å². The van der Waals surface area contributed by atoms with Gasteiger partial charge in [-0.25, -0.2) is 4.68 Å². The minimum atomic E-state index is -0.163. The number of hydrogen-bond donors (Lipinski definition) is 0. The summed E-state index contributed by atoms with van der Waals surface area (Å²) < 4.78 is 13.6. The SMILES string of the molecule is C[C@H](C[C@@H]1CC[C@H]([C@@H](C)C(=O)N(C)Cc2ccccc2)O1)n1cc(C#CCN2CCOCC2)nn1. The Morgan fingerprint density at radius 2 is 1.97 bits per heavy atom. The number of rotatable bonds is 8. The fourth-order valence-electron chi connectivity index (χ4n) is 4.76. The molecule has 8 heteroatoms. The van der Waals surface area contributed by atoms with E-state index in [1.807, 2.05) is 55.2 Å². The number of amides is 1. The molecule has 4 atom stereocenters. The van der Waals surface area contributed by atoms with Crippen molar-refractivity contribution in [1.82, 2.24) is 24.8 Å². The summed E-state index contributed by atoms with van der Waals surface area (Å²) in [5, 5.41) is 8.50. The molecule has 1 aromatic carbocycles. The summed E-state index contributed by atoms with van der Waals surface area (Å²) in [5.41, 5.74) is 1.82. The van der Waals surface area contributed by atoms with Gasteiger partial charge in [0.2, 0.25) is 5.91 Å². The van der Waals surface area contributed by atoms with Gasteiger partial charge in [0.15, 0.2) is 5.69 Å². The van der Waals surface area contributed by atoms with E-state index in [2.05, 4.69) is 34.0 Å². The molecule has 2 aliphatic rings. The Labute approximate surface area is 208 Å². The van der Waals surface area contributed by atoms with Crippen molar-refractivity contribution in [1.29, 1.82) is 0 Å². The molecule has 1 amide bonds. The van der Waals surface area contributed by atoms with E-state index < -0.39 is 0 Å². The Morgan fingerprint density at radius 1 is 1.20 bits per heavy atom. The second-order valence-electron chi connectivity index (χ2n) is 9.70. The number of ether oxygens (including phenoxy) is 2. The zero-order valence-corrected chi connectivity index (χ0v) is 21.1. The summed E-state index contributed by atoms with van der Waals surface area (Å²) in [6, 6.07) is 10.2. The van der Waals surface area contributed by atoms with Crippen LogP contribution in [0, 0.1) is 17.8 Å². The van der Waals surface area contributed by atoms with Crippen molar-refractivity contribution >= 4 is 5.91 Å². The number of aromatic nitrogens is 3. The van der Waals surface area contributed by atoms with Crippen molar-refractivity contribution in [3.8, 4) is 11.8 Å². The van der Waals surface area contributed by atoms with Gasteiger partial charge in [-0.05, 0) is 37.7 Å². The lowest BCUT2D eigenvalue weighted by molar-refractivity contribution is -0.139. The van der Waals surface area contributed by atoms with Gasteiger partial charge in [0, 0.05) is 26.7 Å². The fraction of sp³-hybridized carbons (Fsp3) is 0.593. The normalized spacial score (nSPS) is 22.3. The van der Waals surface area contributed by atoms with E-state index in [-0.39, 0.29) is 30.1 Å². The molecule has 0 bridgehead atoms. The Bertz CT molecular complexity index is 1010. The van der Waals surface area contributed by atoms with E-state index in [1.54, 1.807) is 4.90 Å². The summed E-state index contributed by atoms with van der Waals surface area (Å²) in [5.74, 6) is 6.28. The van der Waals surface area contributed by atoms with Gasteiger partial charge < -0.3 is 14.4 Å². The Balaban J connectivity index is 1.23. The van der Waals surface area contributed by atoms with E-state index in [4.69, 9.17) is 9.47 Å². The van der Waals surface area contributed by atoms with Gasteiger partial charge in [-0.3, -0.25) is 9.69 Å². The third-order valence-corrected chi connectivity index (χ3v) is 6.92. The molecule has 0 N–H and O–H groups in total. The number of nitrogens with zero attached hydrogens (tertiary/aromatic N) is 5. The molecule has 0 radical (unpaired) electrons. The van der Waals surface area contributed by atoms with Gasteiger partial charge in [-0.2, -0.15) is 0 Å². The lowest BCUT2D eigenvalue weighted by atomic mass is 9.99. The molecule has 3 heterocycles. The fourth-order valence-corrected chi connectivity index (χ4v) is 4.76. The molecule has 0 unspecified atom stereocenters. The van der Waals surface area contributed by atoms with Gasteiger partial charge >= 0.3 is 0 Å². The lowest BCUT2D eigenvalue weighted by Crippen LogP contribution is -2.37. The van der Waals surface area contributed by atoms with Crippen LogP contribution in [0.4, 0.5) is 0 Å². The molecule has 188 valence electrons. The first-order valence-electron chi connectivity index (χ1n) is 12.6. The smallest absolute Gasteiger partial charge is 0.228 e.